The molecule has 0 radical (unpaired) electrons. The van der Waals surface area contributed by atoms with Gasteiger partial charge in [0.25, 0.3) is 0 Å². The molecule has 5 atom stereocenters. The summed E-state index contributed by atoms with van der Waals surface area (Å²) >= 11 is 0. The van der Waals surface area contributed by atoms with Crippen LogP contribution >= 0.6 is 15.6 Å². The Kier molecular flexibility index (Phi) is 71.8. The summed E-state index contributed by atoms with van der Waals surface area (Å²) in [5, 5.41) is 10.7. The summed E-state index contributed by atoms with van der Waals surface area (Å²) < 4.78 is 68.8. The summed E-state index contributed by atoms with van der Waals surface area (Å²) in [5.74, 6) is 0.179. The van der Waals surface area contributed by atoms with E-state index in [9.17, 15) is 43.2 Å². The third-order valence-electron chi connectivity index (χ3n) is 19.4. The molecular weight excluding hydrogens is 1330 g/mol. The van der Waals surface area contributed by atoms with Crippen molar-refractivity contribution in [1.82, 2.24) is 0 Å². The molecule has 0 rings (SSSR count). The minimum Gasteiger partial charge on any atom is -0.462 e. The number of esters is 4. The van der Waals surface area contributed by atoms with Gasteiger partial charge in [-0.3, -0.25) is 37.3 Å². The number of unbranched alkanes of at least 4 members (excludes halogenated alkanes) is 49. The lowest BCUT2D eigenvalue weighted by Crippen LogP contribution is -2.30. The highest BCUT2D eigenvalue weighted by atomic mass is 31.2. The Balaban J connectivity index is 5.22. The molecule has 0 aliphatic heterocycles. The quantitative estimate of drug-likeness (QED) is 0.0222. The topological polar surface area (TPSA) is 237 Å². The average molecular weight is 1490 g/mol. The predicted molar refractivity (Wildman–Crippen MR) is 418 cm³/mol. The van der Waals surface area contributed by atoms with Crippen LogP contribution in [-0.4, -0.2) is 96.7 Å². The van der Waals surface area contributed by atoms with E-state index >= 15 is 0 Å². The van der Waals surface area contributed by atoms with E-state index in [4.69, 9.17) is 37.0 Å². The lowest BCUT2D eigenvalue weighted by Gasteiger charge is -2.21. The van der Waals surface area contributed by atoms with Gasteiger partial charge in [-0.15, -0.1) is 0 Å². The molecule has 0 aromatic heterocycles. The van der Waals surface area contributed by atoms with Gasteiger partial charge in [0.05, 0.1) is 26.4 Å². The van der Waals surface area contributed by atoms with Crippen LogP contribution in [0.4, 0.5) is 0 Å². The van der Waals surface area contributed by atoms with Gasteiger partial charge in [-0.25, -0.2) is 9.13 Å². The summed E-state index contributed by atoms with van der Waals surface area (Å²) in [6.45, 7) is 11.9. The number of carbonyl (C=O) groups excluding carboxylic acids is 4. The van der Waals surface area contributed by atoms with E-state index in [0.717, 1.165) is 108 Å². The van der Waals surface area contributed by atoms with Gasteiger partial charge in [-0.1, -0.05) is 382 Å². The smallest absolute Gasteiger partial charge is 0.462 e. The molecule has 606 valence electrons. The fourth-order valence-corrected chi connectivity index (χ4v) is 14.4. The van der Waals surface area contributed by atoms with Crippen LogP contribution in [0, 0.1) is 17.8 Å². The molecule has 0 fully saturated rings. The van der Waals surface area contributed by atoms with Crippen LogP contribution in [0.25, 0.3) is 0 Å². The molecule has 0 saturated heterocycles. The van der Waals surface area contributed by atoms with Crippen LogP contribution in [0.3, 0.4) is 0 Å². The van der Waals surface area contributed by atoms with E-state index in [1.807, 2.05) is 0 Å². The number of hydrogen-bond donors (Lipinski definition) is 3. The predicted octanol–water partition coefficient (Wildman–Crippen LogP) is 24.9. The number of carbonyl (C=O) groups is 4. The van der Waals surface area contributed by atoms with Crippen LogP contribution < -0.4 is 0 Å². The Labute approximate surface area is 626 Å². The summed E-state index contributed by atoms with van der Waals surface area (Å²) in [4.78, 5) is 73.1. The van der Waals surface area contributed by atoms with Crippen LogP contribution in [0.5, 0.6) is 0 Å². The van der Waals surface area contributed by atoms with Gasteiger partial charge in [0.1, 0.15) is 19.3 Å². The highest BCUT2D eigenvalue weighted by Gasteiger charge is 2.30. The fourth-order valence-electron chi connectivity index (χ4n) is 12.8. The van der Waals surface area contributed by atoms with E-state index < -0.39 is 97.5 Å². The molecule has 0 aromatic rings. The Bertz CT molecular complexity index is 1970. The van der Waals surface area contributed by atoms with E-state index in [-0.39, 0.29) is 25.7 Å². The molecule has 102 heavy (non-hydrogen) atoms. The molecule has 2 unspecified atom stereocenters. The first-order chi connectivity index (χ1) is 49.2. The van der Waals surface area contributed by atoms with Crippen LogP contribution in [0.1, 0.15) is 434 Å². The molecule has 0 aliphatic carbocycles. The van der Waals surface area contributed by atoms with Crippen molar-refractivity contribution in [3.63, 3.8) is 0 Å². The zero-order valence-electron chi connectivity index (χ0n) is 67.1. The van der Waals surface area contributed by atoms with Gasteiger partial charge in [-0.2, -0.15) is 0 Å². The van der Waals surface area contributed by atoms with Crippen molar-refractivity contribution in [2.24, 2.45) is 17.8 Å². The third-order valence-corrected chi connectivity index (χ3v) is 21.3. The number of rotatable bonds is 81. The largest absolute Gasteiger partial charge is 0.472 e. The van der Waals surface area contributed by atoms with Crippen LogP contribution in [0.2, 0.25) is 0 Å². The second-order valence-corrected chi connectivity index (χ2v) is 34.2. The molecule has 17 nitrogen and oxygen atoms in total. The molecule has 0 bridgehead atoms. The maximum Gasteiger partial charge on any atom is 0.472 e. The second-order valence-electron chi connectivity index (χ2n) is 31.3. The maximum absolute atomic E-state index is 13.1. The van der Waals surface area contributed by atoms with E-state index in [2.05, 4.69) is 48.5 Å². The maximum atomic E-state index is 13.1. The van der Waals surface area contributed by atoms with Gasteiger partial charge in [0.15, 0.2) is 12.2 Å². The number of hydrogen-bond acceptors (Lipinski definition) is 15. The minimum absolute atomic E-state index is 0.107. The van der Waals surface area contributed by atoms with Crippen molar-refractivity contribution in [1.29, 1.82) is 0 Å². The summed E-state index contributed by atoms with van der Waals surface area (Å²) in [7, 11) is -9.92. The Morgan fingerprint density at radius 2 is 0.451 bits per heavy atom. The van der Waals surface area contributed by atoms with Gasteiger partial charge >= 0.3 is 39.5 Å². The number of ether oxygens (including phenoxy) is 4. The van der Waals surface area contributed by atoms with E-state index in [0.29, 0.717) is 31.6 Å². The third kappa shape index (κ3) is 76.3. The highest BCUT2D eigenvalue weighted by molar-refractivity contribution is 7.47. The highest BCUT2D eigenvalue weighted by Crippen LogP contribution is 2.45. The van der Waals surface area contributed by atoms with Crippen molar-refractivity contribution in [2.45, 2.75) is 452 Å². The van der Waals surface area contributed by atoms with Gasteiger partial charge in [-0.05, 0) is 43.4 Å². The van der Waals surface area contributed by atoms with Gasteiger partial charge in [0.2, 0.25) is 0 Å². The summed E-state index contributed by atoms with van der Waals surface area (Å²) in [6, 6.07) is 0. The van der Waals surface area contributed by atoms with Gasteiger partial charge < -0.3 is 33.8 Å². The van der Waals surface area contributed by atoms with Crippen molar-refractivity contribution in [2.75, 3.05) is 39.6 Å². The molecule has 0 aliphatic rings. The molecule has 0 spiro atoms. The molecule has 19 heteroatoms. The first-order valence-corrected chi connectivity index (χ1v) is 45.8. The number of phosphoric acid groups is 2. The minimum atomic E-state index is -4.96. The van der Waals surface area contributed by atoms with Crippen LogP contribution in [0.15, 0.2) is 0 Å². The average Bonchev–Trinajstić information content (AvgIpc) is 0.908. The molecule has 0 heterocycles. The molecule has 3 N–H and O–H groups in total. The zero-order chi connectivity index (χ0) is 75.1. The number of aliphatic hydroxyl groups excluding tert-OH is 1. The lowest BCUT2D eigenvalue weighted by atomic mass is 10.0. The first kappa shape index (κ1) is 100. The number of aliphatic hydroxyl groups is 1. The molecular formula is C83H162O17P2. The van der Waals surface area contributed by atoms with Gasteiger partial charge in [0, 0.05) is 25.7 Å². The summed E-state index contributed by atoms with van der Waals surface area (Å²) in [5.41, 5.74) is 0. The lowest BCUT2D eigenvalue weighted by molar-refractivity contribution is -0.161. The standard InChI is InChI=1S/C83H162O17P2/c1-8-9-10-11-12-13-14-15-16-17-22-28-33-38-43-52-59-67-83(88)100-79(71-94-81(86)65-58-51-46-45-49-56-63-76(6)7)73-98-102(91,92)96-69-77(84)68-95-101(89,90)97-72-78(99-82(87)66-60-53-44-39-34-29-24-19-21-26-31-36-41-48-55-62-75(4)5)70-93-80(85)64-57-50-42-37-32-27-23-18-20-25-30-35-40-47-54-61-74(2)3/h74-79,84H,8-73H2,1-7H3,(H,89,90)(H,91,92)/t77-,78-,79-/m1/s1. The van der Waals surface area contributed by atoms with Crippen molar-refractivity contribution < 1.29 is 80.2 Å². The molecule has 0 saturated carbocycles. The number of phosphoric ester groups is 2. The zero-order valence-corrected chi connectivity index (χ0v) is 68.9. The fraction of sp³-hybridized carbons (Fsp3) is 0.952. The molecule has 0 amide bonds. The molecule has 0 aromatic carbocycles. The van der Waals surface area contributed by atoms with Crippen molar-refractivity contribution >= 4 is 39.5 Å². The SMILES string of the molecule is CCCCCCCCCCCCCCCCCCCC(=O)O[C@H](COC(=O)CCCCCCCCC(C)C)COP(=O)(O)OC[C@H](O)COP(=O)(O)OC[C@@H](COC(=O)CCCCCCCCCCCCCCCCCC(C)C)OC(=O)CCCCCCCCCCCCCCCCCC(C)C. The Morgan fingerprint density at radius 3 is 0.667 bits per heavy atom. The Hall–Kier alpha value is -1.94. The second kappa shape index (κ2) is 73.2. The van der Waals surface area contributed by atoms with Crippen LogP contribution in [-0.2, 0) is 65.4 Å². The summed E-state index contributed by atoms with van der Waals surface area (Å²) in [6.07, 6.45) is 62.6. The van der Waals surface area contributed by atoms with Crippen molar-refractivity contribution in [3.8, 4) is 0 Å². The monoisotopic (exact) mass is 1490 g/mol. The van der Waals surface area contributed by atoms with E-state index in [1.165, 1.54) is 238 Å². The van der Waals surface area contributed by atoms with E-state index in [1.54, 1.807) is 0 Å². The first-order valence-electron chi connectivity index (χ1n) is 42.8. The van der Waals surface area contributed by atoms with Crippen molar-refractivity contribution in [3.05, 3.63) is 0 Å². The Morgan fingerprint density at radius 1 is 0.265 bits per heavy atom. The normalized spacial score (nSPS) is 13.9.